The largest absolute Gasteiger partial charge is 0.508 e. The van der Waals surface area contributed by atoms with Crippen molar-refractivity contribution in [3.05, 3.63) is 113 Å². The number of fused-ring (bicyclic) bond motifs is 1. The topological polar surface area (TPSA) is 126 Å². The molecule has 0 radical (unpaired) electrons. The zero-order valence-corrected chi connectivity index (χ0v) is 27.9. The first-order chi connectivity index (χ1) is 23.2. The van der Waals surface area contributed by atoms with E-state index in [1.165, 1.54) is 30.3 Å². The van der Waals surface area contributed by atoms with Gasteiger partial charge in [-0.3, -0.25) is 9.59 Å². The van der Waals surface area contributed by atoms with Gasteiger partial charge in [0.05, 0.1) is 6.10 Å². The second kappa shape index (κ2) is 20.1. The van der Waals surface area contributed by atoms with Gasteiger partial charge in [-0.05, 0) is 77.0 Å². The van der Waals surface area contributed by atoms with Crippen molar-refractivity contribution in [3.63, 3.8) is 0 Å². The standard InChI is InChI=1S/C40H46O8/c1-4-5-6-7-8-9-10-11-12-13-14-15-16-17-18-19-20-21-22-23-36(44)48-40-38(45)37-34(46-29(2)3)27-31(41)28-35(37)47-39(40)30-24-25-32(42)33(43)26-30/h5-6,8-9,11-12,14-15,17-18,20-21,24-29,41-43H,4,7,10,13,16,19,22-23H2,1-3H3/b6-5-,9-8-,12-11-,15-14-,18-17-,21-20-. The molecule has 8 nitrogen and oxygen atoms in total. The normalized spacial score (nSPS) is 12.4. The van der Waals surface area contributed by atoms with Gasteiger partial charge in [0.2, 0.25) is 11.2 Å². The van der Waals surface area contributed by atoms with Crippen molar-refractivity contribution in [1.29, 1.82) is 0 Å². The summed E-state index contributed by atoms with van der Waals surface area (Å²) in [6.45, 7) is 5.66. The molecule has 0 aliphatic rings. The number of phenolic OH excluding ortho intramolecular Hbond substituents is 3. The van der Waals surface area contributed by atoms with Crippen LogP contribution in [0.2, 0.25) is 0 Å². The van der Waals surface area contributed by atoms with Crippen LogP contribution in [0, 0.1) is 0 Å². The number of esters is 1. The molecule has 1 aromatic heterocycles. The van der Waals surface area contributed by atoms with Crippen molar-refractivity contribution in [2.45, 2.75) is 78.2 Å². The number of phenols is 3. The third kappa shape index (κ3) is 12.2. The number of carbonyl (C=O) groups excluding carboxylic acids is 1. The Kier molecular flexibility index (Phi) is 15.6. The summed E-state index contributed by atoms with van der Waals surface area (Å²) in [4.78, 5) is 26.6. The molecule has 0 bridgehead atoms. The molecule has 2 aromatic carbocycles. The summed E-state index contributed by atoms with van der Waals surface area (Å²) in [6, 6.07) is 6.35. The molecule has 0 atom stereocenters. The summed E-state index contributed by atoms with van der Waals surface area (Å²) in [5, 5.41) is 30.1. The maximum Gasteiger partial charge on any atom is 0.311 e. The van der Waals surface area contributed by atoms with Crippen LogP contribution in [-0.4, -0.2) is 27.4 Å². The summed E-state index contributed by atoms with van der Waals surface area (Å²) in [5.74, 6) is -2.14. The lowest BCUT2D eigenvalue weighted by atomic mass is 10.1. The van der Waals surface area contributed by atoms with E-state index in [1.807, 2.05) is 12.2 Å². The van der Waals surface area contributed by atoms with Crippen LogP contribution in [0.15, 0.2) is 112 Å². The Morgan fingerprint density at radius 1 is 0.771 bits per heavy atom. The number of allylic oxidation sites excluding steroid dienone is 12. The predicted octanol–water partition coefficient (Wildman–Crippen LogP) is 9.75. The van der Waals surface area contributed by atoms with Crippen LogP contribution in [0.25, 0.3) is 22.3 Å². The lowest BCUT2D eigenvalue weighted by Gasteiger charge is -2.15. The van der Waals surface area contributed by atoms with Crippen molar-refractivity contribution in [2.24, 2.45) is 0 Å². The van der Waals surface area contributed by atoms with Gasteiger partial charge >= 0.3 is 5.97 Å². The van der Waals surface area contributed by atoms with Crippen molar-refractivity contribution >= 4 is 16.9 Å². The van der Waals surface area contributed by atoms with Gasteiger partial charge in [0, 0.05) is 24.1 Å². The maximum absolute atomic E-state index is 13.7. The third-order valence-electron chi connectivity index (χ3n) is 6.83. The van der Waals surface area contributed by atoms with Gasteiger partial charge in [-0.2, -0.15) is 0 Å². The second-order valence-electron chi connectivity index (χ2n) is 11.2. The Bertz CT molecular complexity index is 1730. The number of hydrogen-bond donors (Lipinski definition) is 3. The van der Waals surface area contributed by atoms with Gasteiger partial charge in [0.25, 0.3) is 0 Å². The van der Waals surface area contributed by atoms with Gasteiger partial charge in [-0.15, -0.1) is 0 Å². The lowest BCUT2D eigenvalue weighted by Crippen LogP contribution is -2.17. The van der Waals surface area contributed by atoms with Gasteiger partial charge in [-0.1, -0.05) is 79.8 Å². The first-order valence-corrected chi connectivity index (χ1v) is 16.3. The molecule has 0 saturated heterocycles. The van der Waals surface area contributed by atoms with Gasteiger partial charge < -0.3 is 29.2 Å². The second-order valence-corrected chi connectivity index (χ2v) is 11.2. The molecule has 0 aliphatic carbocycles. The molecule has 0 saturated carbocycles. The van der Waals surface area contributed by atoms with Gasteiger partial charge in [0.15, 0.2) is 17.3 Å². The fourth-order valence-electron chi connectivity index (χ4n) is 4.55. The van der Waals surface area contributed by atoms with Crippen molar-refractivity contribution in [2.75, 3.05) is 0 Å². The monoisotopic (exact) mass is 654 g/mol. The number of carbonyl (C=O) groups is 1. The molecule has 3 aromatic rings. The fraction of sp³-hybridized carbons (Fsp3) is 0.300. The molecule has 0 fully saturated rings. The molecule has 1 heterocycles. The minimum Gasteiger partial charge on any atom is -0.508 e. The zero-order chi connectivity index (χ0) is 34.7. The minimum atomic E-state index is -0.684. The Balaban J connectivity index is 1.56. The maximum atomic E-state index is 13.7. The summed E-state index contributed by atoms with van der Waals surface area (Å²) in [7, 11) is 0. The molecule has 0 unspecified atom stereocenters. The van der Waals surface area contributed by atoms with Crippen LogP contribution in [0.4, 0.5) is 0 Å². The van der Waals surface area contributed by atoms with Gasteiger partial charge in [0.1, 0.15) is 22.5 Å². The van der Waals surface area contributed by atoms with Crippen LogP contribution >= 0.6 is 0 Å². The number of rotatable bonds is 18. The smallest absolute Gasteiger partial charge is 0.311 e. The van der Waals surface area contributed by atoms with E-state index in [9.17, 15) is 24.9 Å². The predicted molar refractivity (Wildman–Crippen MR) is 192 cm³/mol. The molecule has 8 heteroatoms. The van der Waals surface area contributed by atoms with Crippen LogP contribution in [0.3, 0.4) is 0 Å². The van der Waals surface area contributed by atoms with E-state index in [1.54, 1.807) is 13.8 Å². The van der Waals surface area contributed by atoms with Crippen LogP contribution in [0.1, 0.15) is 72.1 Å². The Morgan fingerprint density at radius 3 is 1.88 bits per heavy atom. The van der Waals surface area contributed by atoms with E-state index in [4.69, 9.17) is 13.9 Å². The highest BCUT2D eigenvalue weighted by Crippen LogP contribution is 2.39. The number of benzene rings is 2. The quantitative estimate of drug-likeness (QED) is 0.0703. The first-order valence-electron chi connectivity index (χ1n) is 16.3. The molecular formula is C40H46O8. The van der Waals surface area contributed by atoms with Gasteiger partial charge in [-0.25, -0.2) is 0 Å². The van der Waals surface area contributed by atoms with E-state index in [2.05, 4.69) is 67.7 Å². The number of hydrogen-bond acceptors (Lipinski definition) is 8. The Hall–Kier alpha value is -5.24. The molecule has 3 rings (SSSR count). The summed E-state index contributed by atoms with van der Waals surface area (Å²) in [5.41, 5.74) is -0.508. The first kappa shape index (κ1) is 37.2. The Morgan fingerprint density at radius 2 is 1.33 bits per heavy atom. The summed E-state index contributed by atoms with van der Waals surface area (Å²) >= 11 is 0. The minimum absolute atomic E-state index is 0.00371. The molecule has 0 aliphatic heterocycles. The number of aromatic hydroxyl groups is 3. The molecule has 0 amide bonds. The van der Waals surface area contributed by atoms with Crippen molar-refractivity contribution in [3.8, 4) is 40.1 Å². The summed E-state index contributed by atoms with van der Waals surface area (Å²) in [6.07, 6.45) is 30.9. The molecule has 3 N–H and O–H groups in total. The number of ether oxygens (including phenoxy) is 2. The third-order valence-corrected chi connectivity index (χ3v) is 6.83. The molecular weight excluding hydrogens is 608 g/mol. The highest BCUT2D eigenvalue weighted by Gasteiger charge is 2.24. The molecule has 0 spiro atoms. The van der Waals surface area contributed by atoms with Crippen molar-refractivity contribution in [1.82, 2.24) is 0 Å². The van der Waals surface area contributed by atoms with Crippen LogP contribution in [-0.2, 0) is 4.79 Å². The molecule has 48 heavy (non-hydrogen) atoms. The average Bonchev–Trinajstić information content (AvgIpc) is 3.04. The van der Waals surface area contributed by atoms with E-state index < -0.39 is 17.1 Å². The highest BCUT2D eigenvalue weighted by atomic mass is 16.5. The van der Waals surface area contributed by atoms with Crippen molar-refractivity contribution < 1.29 is 34.0 Å². The Labute approximate surface area is 282 Å². The van der Waals surface area contributed by atoms with E-state index in [0.717, 1.165) is 38.5 Å². The zero-order valence-electron chi connectivity index (χ0n) is 27.9. The average molecular weight is 655 g/mol. The lowest BCUT2D eigenvalue weighted by molar-refractivity contribution is -0.134. The van der Waals surface area contributed by atoms with E-state index in [0.29, 0.717) is 6.42 Å². The van der Waals surface area contributed by atoms with Crippen LogP contribution in [0.5, 0.6) is 28.7 Å². The molecule has 254 valence electrons. The summed E-state index contributed by atoms with van der Waals surface area (Å²) < 4.78 is 17.3. The van der Waals surface area contributed by atoms with Crippen LogP contribution < -0.4 is 14.9 Å². The highest BCUT2D eigenvalue weighted by molar-refractivity contribution is 5.90. The SMILES string of the molecule is CC/C=C\C/C=C\C/C=C\C/C=C\C/C=C\C/C=C\CCC(=O)Oc1c(-c2ccc(O)c(O)c2)oc2cc(O)cc(OC(C)C)c2c1=O. The fourth-order valence-corrected chi connectivity index (χ4v) is 4.55. The van der Waals surface area contributed by atoms with E-state index in [-0.39, 0.29) is 57.8 Å². The van der Waals surface area contributed by atoms with E-state index >= 15 is 0 Å².